The van der Waals surface area contributed by atoms with E-state index in [1.807, 2.05) is 6.07 Å². The molecule has 2 atom stereocenters. The number of carbonyl (C=O) groups is 1. The van der Waals surface area contributed by atoms with Crippen molar-refractivity contribution in [3.05, 3.63) is 35.4 Å². The van der Waals surface area contributed by atoms with Gasteiger partial charge in [0.2, 0.25) is 0 Å². The SMILES string of the molecule is CC(C)(C)OC(=O)NCC(O)C(O)c1cccc(CCl)c1. The third-order valence-electron chi connectivity index (χ3n) is 2.67. The van der Waals surface area contributed by atoms with Gasteiger partial charge in [0, 0.05) is 12.4 Å². The molecular weight excluding hydrogens is 294 g/mol. The quantitative estimate of drug-likeness (QED) is 0.729. The van der Waals surface area contributed by atoms with Gasteiger partial charge in [-0.1, -0.05) is 24.3 Å². The highest BCUT2D eigenvalue weighted by Crippen LogP contribution is 2.19. The van der Waals surface area contributed by atoms with Crippen molar-refractivity contribution in [3.63, 3.8) is 0 Å². The predicted molar refractivity (Wildman–Crippen MR) is 81.2 cm³/mol. The topological polar surface area (TPSA) is 78.8 Å². The zero-order chi connectivity index (χ0) is 16.0. The summed E-state index contributed by atoms with van der Waals surface area (Å²) in [4.78, 5) is 11.5. The summed E-state index contributed by atoms with van der Waals surface area (Å²) < 4.78 is 5.05. The first-order chi connectivity index (χ1) is 9.73. The van der Waals surface area contributed by atoms with E-state index in [2.05, 4.69) is 5.32 Å². The van der Waals surface area contributed by atoms with Crippen molar-refractivity contribution in [1.29, 1.82) is 0 Å². The molecule has 118 valence electrons. The van der Waals surface area contributed by atoms with Gasteiger partial charge in [0.05, 0.1) is 0 Å². The lowest BCUT2D eigenvalue weighted by atomic mass is 10.0. The number of halogens is 1. The van der Waals surface area contributed by atoms with Crippen LogP contribution in [0.2, 0.25) is 0 Å². The molecule has 0 bridgehead atoms. The highest BCUT2D eigenvalue weighted by molar-refractivity contribution is 6.17. The van der Waals surface area contributed by atoms with Gasteiger partial charge in [-0.2, -0.15) is 0 Å². The minimum Gasteiger partial charge on any atom is -0.444 e. The van der Waals surface area contributed by atoms with Gasteiger partial charge in [0.1, 0.15) is 17.8 Å². The largest absolute Gasteiger partial charge is 0.444 e. The van der Waals surface area contributed by atoms with Crippen LogP contribution in [0.1, 0.15) is 38.0 Å². The molecule has 2 unspecified atom stereocenters. The summed E-state index contributed by atoms with van der Waals surface area (Å²) in [7, 11) is 0. The Kier molecular flexibility index (Phi) is 6.45. The molecule has 6 heteroatoms. The highest BCUT2D eigenvalue weighted by atomic mass is 35.5. The van der Waals surface area contributed by atoms with Gasteiger partial charge in [-0.3, -0.25) is 0 Å². The molecule has 0 heterocycles. The summed E-state index contributed by atoms with van der Waals surface area (Å²) in [5, 5.41) is 22.4. The molecule has 0 saturated heterocycles. The molecule has 3 N–H and O–H groups in total. The number of hydrogen-bond donors (Lipinski definition) is 3. The molecule has 1 aromatic carbocycles. The first kappa shape index (κ1) is 17.8. The van der Waals surface area contributed by atoms with Crippen LogP contribution in [0.4, 0.5) is 4.79 Å². The van der Waals surface area contributed by atoms with Gasteiger partial charge in [0.15, 0.2) is 0 Å². The lowest BCUT2D eigenvalue weighted by Crippen LogP contribution is -2.38. The molecule has 0 aromatic heterocycles. The number of aliphatic hydroxyl groups excluding tert-OH is 2. The second kappa shape index (κ2) is 7.64. The Balaban J connectivity index is 2.54. The highest BCUT2D eigenvalue weighted by Gasteiger charge is 2.21. The molecule has 0 aliphatic rings. The molecule has 0 radical (unpaired) electrons. The minimum atomic E-state index is -1.14. The van der Waals surface area contributed by atoms with Crippen LogP contribution in [-0.4, -0.2) is 34.6 Å². The summed E-state index contributed by atoms with van der Waals surface area (Å²) in [5.41, 5.74) is 0.787. The van der Waals surface area contributed by atoms with Gasteiger partial charge in [0.25, 0.3) is 0 Å². The predicted octanol–water partition coefficient (Wildman–Crippen LogP) is 2.34. The van der Waals surface area contributed by atoms with Crippen LogP contribution in [0, 0.1) is 0 Å². The second-order valence-electron chi connectivity index (χ2n) is 5.77. The lowest BCUT2D eigenvalue weighted by molar-refractivity contribution is 0.0129. The monoisotopic (exact) mass is 315 g/mol. The first-order valence-corrected chi connectivity index (χ1v) is 7.24. The van der Waals surface area contributed by atoms with Crippen LogP contribution >= 0.6 is 11.6 Å². The third-order valence-corrected chi connectivity index (χ3v) is 2.97. The zero-order valence-electron chi connectivity index (χ0n) is 12.5. The van der Waals surface area contributed by atoms with Crippen LogP contribution in [0.15, 0.2) is 24.3 Å². The molecule has 0 spiro atoms. The fourth-order valence-corrected chi connectivity index (χ4v) is 1.86. The van der Waals surface area contributed by atoms with E-state index in [0.29, 0.717) is 11.4 Å². The molecule has 21 heavy (non-hydrogen) atoms. The number of hydrogen-bond acceptors (Lipinski definition) is 4. The Bertz CT molecular complexity index is 473. The summed E-state index contributed by atoms with van der Waals surface area (Å²) >= 11 is 5.73. The van der Waals surface area contributed by atoms with E-state index in [4.69, 9.17) is 16.3 Å². The van der Waals surface area contributed by atoms with Crippen molar-refractivity contribution in [1.82, 2.24) is 5.32 Å². The average Bonchev–Trinajstić information content (AvgIpc) is 2.42. The van der Waals surface area contributed by atoms with Gasteiger partial charge in [-0.05, 0) is 31.9 Å². The Morgan fingerprint density at radius 2 is 2.05 bits per heavy atom. The molecule has 5 nitrogen and oxygen atoms in total. The van der Waals surface area contributed by atoms with Crippen LogP contribution in [0.25, 0.3) is 0 Å². The number of carbonyl (C=O) groups excluding carboxylic acids is 1. The van der Waals surface area contributed by atoms with E-state index in [-0.39, 0.29) is 6.54 Å². The average molecular weight is 316 g/mol. The zero-order valence-corrected chi connectivity index (χ0v) is 13.2. The Labute approximate surface area is 129 Å². The van der Waals surface area contributed by atoms with Gasteiger partial charge >= 0.3 is 6.09 Å². The molecule has 0 aliphatic carbocycles. The molecule has 0 aliphatic heterocycles. The number of nitrogens with one attached hydrogen (secondary N) is 1. The molecule has 0 fully saturated rings. The maximum absolute atomic E-state index is 11.5. The number of aliphatic hydroxyl groups is 2. The van der Waals surface area contributed by atoms with Gasteiger partial charge in [-0.15, -0.1) is 11.6 Å². The normalized spacial score (nSPS) is 14.4. The van der Waals surface area contributed by atoms with E-state index in [1.54, 1.807) is 39.0 Å². The van der Waals surface area contributed by atoms with Crippen molar-refractivity contribution in [2.24, 2.45) is 0 Å². The number of alkyl halides is 1. The molecule has 0 saturated carbocycles. The van der Waals surface area contributed by atoms with E-state index in [0.717, 1.165) is 5.56 Å². The van der Waals surface area contributed by atoms with E-state index in [9.17, 15) is 15.0 Å². The summed E-state index contributed by atoms with van der Waals surface area (Å²) in [5.74, 6) is 0.326. The van der Waals surface area contributed by atoms with Crippen LogP contribution in [0.3, 0.4) is 0 Å². The Hall–Kier alpha value is -1.30. The van der Waals surface area contributed by atoms with Crippen LogP contribution in [-0.2, 0) is 10.6 Å². The number of rotatable bonds is 5. The van der Waals surface area contributed by atoms with Gasteiger partial charge in [-0.25, -0.2) is 4.79 Å². The summed E-state index contributed by atoms with van der Waals surface area (Å²) in [6, 6.07) is 6.99. The summed E-state index contributed by atoms with van der Waals surface area (Å²) in [6.45, 7) is 5.13. The maximum Gasteiger partial charge on any atom is 0.407 e. The standard InChI is InChI=1S/C15H22ClNO4/c1-15(2,3)21-14(20)17-9-12(18)13(19)11-6-4-5-10(7-11)8-16/h4-7,12-13,18-19H,8-9H2,1-3H3,(H,17,20). The maximum atomic E-state index is 11.5. The molecule has 1 rings (SSSR count). The van der Waals surface area contributed by atoms with E-state index >= 15 is 0 Å². The van der Waals surface area contributed by atoms with Crippen LogP contribution < -0.4 is 5.32 Å². The molecular formula is C15H22ClNO4. The lowest BCUT2D eigenvalue weighted by Gasteiger charge is -2.22. The smallest absolute Gasteiger partial charge is 0.407 e. The van der Waals surface area contributed by atoms with Crippen molar-refractivity contribution < 1.29 is 19.7 Å². The first-order valence-electron chi connectivity index (χ1n) is 6.70. The van der Waals surface area contributed by atoms with E-state index < -0.39 is 23.9 Å². The van der Waals surface area contributed by atoms with Crippen molar-refractivity contribution in [3.8, 4) is 0 Å². The van der Waals surface area contributed by atoms with E-state index in [1.165, 1.54) is 0 Å². The number of amides is 1. The fraction of sp³-hybridized carbons (Fsp3) is 0.533. The van der Waals surface area contributed by atoms with Crippen LogP contribution in [0.5, 0.6) is 0 Å². The fourth-order valence-electron chi connectivity index (χ4n) is 1.70. The Morgan fingerprint density at radius 3 is 2.62 bits per heavy atom. The molecule has 1 amide bonds. The number of benzene rings is 1. The minimum absolute atomic E-state index is 0.110. The number of ether oxygens (including phenoxy) is 1. The van der Waals surface area contributed by atoms with Crippen molar-refractivity contribution in [2.75, 3.05) is 6.54 Å². The third kappa shape index (κ3) is 6.33. The van der Waals surface area contributed by atoms with Gasteiger partial charge < -0.3 is 20.3 Å². The number of alkyl carbamates (subject to hydrolysis) is 1. The van der Waals surface area contributed by atoms with Crippen molar-refractivity contribution >= 4 is 17.7 Å². The Morgan fingerprint density at radius 1 is 1.38 bits per heavy atom. The summed E-state index contributed by atoms with van der Waals surface area (Å²) in [6.07, 6.45) is -2.88. The second-order valence-corrected chi connectivity index (χ2v) is 6.04. The molecule has 1 aromatic rings. The van der Waals surface area contributed by atoms with Crippen molar-refractivity contribution in [2.45, 2.75) is 44.5 Å².